The molecule has 2 aromatic carbocycles. The average Bonchev–Trinajstić information content (AvgIpc) is 2.59. The zero-order chi connectivity index (χ0) is 17.7. The van der Waals surface area contributed by atoms with Crippen LogP contribution in [0, 0.1) is 0 Å². The van der Waals surface area contributed by atoms with Gasteiger partial charge in [-0.1, -0.05) is 29.3 Å². The van der Waals surface area contributed by atoms with Gasteiger partial charge in [0, 0.05) is 22.2 Å². The fourth-order valence-corrected chi connectivity index (χ4v) is 2.63. The summed E-state index contributed by atoms with van der Waals surface area (Å²) in [6, 6.07) is 8.28. The van der Waals surface area contributed by atoms with Crippen molar-refractivity contribution in [2.45, 2.75) is 6.54 Å². The van der Waals surface area contributed by atoms with Gasteiger partial charge in [-0.15, -0.1) is 0 Å². The van der Waals surface area contributed by atoms with Crippen LogP contribution in [-0.2, 0) is 6.54 Å². The summed E-state index contributed by atoms with van der Waals surface area (Å²) >= 11 is 12.0. The fourth-order valence-electron chi connectivity index (χ4n) is 2.15. The van der Waals surface area contributed by atoms with Crippen LogP contribution in [0.4, 0.5) is 0 Å². The average molecular weight is 370 g/mol. The minimum absolute atomic E-state index is 0.269. The molecule has 0 unspecified atom stereocenters. The molecule has 0 saturated heterocycles. The van der Waals surface area contributed by atoms with E-state index in [1.54, 1.807) is 30.3 Å². The number of carbonyl (C=O) groups excluding carboxylic acids is 1. The molecule has 128 valence electrons. The highest BCUT2D eigenvalue weighted by molar-refractivity contribution is 6.35. The van der Waals surface area contributed by atoms with E-state index < -0.39 is 0 Å². The summed E-state index contributed by atoms with van der Waals surface area (Å²) in [5.74, 6) is 0.954. The quantitative estimate of drug-likeness (QED) is 0.837. The Bertz CT molecular complexity index is 724. The number of nitrogens with one attached hydrogen (secondary N) is 1. The standard InChI is InChI=1S/C17H17Cl2NO4/c1-22-14-6-11(7-15(23-2)16(14)24-3)17(21)20-9-10-4-5-12(18)8-13(10)19/h4-8H,9H2,1-3H3,(H,20,21). The van der Waals surface area contributed by atoms with Crippen LogP contribution < -0.4 is 19.5 Å². The minimum Gasteiger partial charge on any atom is -0.493 e. The number of methoxy groups -OCH3 is 3. The Morgan fingerprint density at radius 3 is 2.12 bits per heavy atom. The maximum absolute atomic E-state index is 12.4. The predicted molar refractivity (Wildman–Crippen MR) is 93.7 cm³/mol. The lowest BCUT2D eigenvalue weighted by atomic mass is 10.1. The van der Waals surface area contributed by atoms with Gasteiger partial charge in [-0.25, -0.2) is 0 Å². The third kappa shape index (κ3) is 4.04. The Balaban J connectivity index is 2.20. The number of ether oxygens (including phenoxy) is 3. The van der Waals surface area contributed by atoms with Crippen LogP contribution in [-0.4, -0.2) is 27.2 Å². The van der Waals surface area contributed by atoms with E-state index in [-0.39, 0.29) is 12.5 Å². The molecule has 0 aliphatic heterocycles. The first kappa shape index (κ1) is 18.2. The van der Waals surface area contributed by atoms with Gasteiger partial charge in [0.05, 0.1) is 21.3 Å². The second-order valence-corrected chi connectivity index (χ2v) is 5.68. The van der Waals surface area contributed by atoms with Crippen LogP contribution in [0.15, 0.2) is 30.3 Å². The molecular formula is C17H17Cl2NO4. The van der Waals surface area contributed by atoms with Crippen molar-refractivity contribution in [2.75, 3.05) is 21.3 Å². The zero-order valence-electron chi connectivity index (χ0n) is 13.5. The second kappa shape index (κ2) is 8.13. The number of benzene rings is 2. The molecule has 0 fully saturated rings. The molecular weight excluding hydrogens is 353 g/mol. The van der Waals surface area contributed by atoms with Crippen molar-refractivity contribution in [1.29, 1.82) is 0 Å². The Hall–Kier alpha value is -2.11. The number of rotatable bonds is 6. The number of hydrogen-bond acceptors (Lipinski definition) is 4. The predicted octanol–water partition coefficient (Wildman–Crippen LogP) is 3.95. The monoisotopic (exact) mass is 369 g/mol. The van der Waals surface area contributed by atoms with Crippen molar-refractivity contribution in [2.24, 2.45) is 0 Å². The summed E-state index contributed by atoms with van der Waals surface area (Å²) in [6.45, 7) is 0.269. The molecule has 0 aliphatic rings. The Morgan fingerprint density at radius 2 is 1.62 bits per heavy atom. The van der Waals surface area contributed by atoms with Crippen LogP contribution in [0.1, 0.15) is 15.9 Å². The third-order valence-corrected chi connectivity index (χ3v) is 3.97. The highest BCUT2D eigenvalue weighted by Gasteiger charge is 2.17. The van der Waals surface area contributed by atoms with Crippen LogP contribution >= 0.6 is 23.2 Å². The fraction of sp³-hybridized carbons (Fsp3) is 0.235. The van der Waals surface area contributed by atoms with E-state index in [9.17, 15) is 4.79 Å². The topological polar surface area (TPSA) is 56.8 Å². The molecule has 0 saturated carbocycles. The Labute approximate surface area is 150 Å². The summed E-state index contributed by atoms with van der Waals surface area (Å²) in [7, 11) is 4.49. The number of carbonyl (C=O) groups is 1. The van der Waals surface area contributed by atoms with E-state index in [1.165, 1.54) is 21.3 Å². The summed E-state index contributed by atoms with van der Waals surface area (Å²) in [4.78, 5) is 12.4. The lowest BCUT2D eigenvalue weighted by Crippen LogP contribution is -2.23. The summed E-state index contributed by atoms with van der Waals surface area (Å²) in [6.07, 6.45) is 0. The van der Waals surface area contributed by atoms with Crippen molar-refractivity contribution < 1.29 is 19.0 Å². The molecule has 0 spiro atoms. The molecule has 2 rings (SSSR count). The lowest BCUT2D eigenvalue weighted by Gasteiger charge is -2.14. The van der Waals surface area contributed by atoms with E-state index in [1.807, 2.05) is 0 Å². The van der Waals surface area contributed by atoms with E-state index >= 15 is 0 Å². The number of halogens is 2. The molecule has 1 amide bonds. The first-order valence-corrected chi connectivity index (χ1v) is 7.77. The molecule has 1 N–H and O–H groups in total. The van der Waals surface area contributed by atoms with Gasteiger partial charge in [-0.05, 0) is 29.8 Å². The molecule has 0 bridgehead atoms. The van der Waals surface area contributed by atoms with Crippen LogP contribution in [0.25, 0.3) is 0 Å². The highest BCUT2D eigenvalue weighted by Crippen LogP contribution is 2.38. The van der Waals surface area contributed by atoms with Crippen LogP contribution in [0.5, 0.6) is 17.2 Å². The number of amides is 1. The van der Waals surface area contributed by atoms with Gasteiger partial charge in [0.2, 0.25) is 5.75 Å². The second-order valence-electron chi connectivity index (χ2n) is 4.83. The SMILES string of the molecule is COc1cc(C(=O)NCc2ccc(Cl)cc2Cl)cc(OC)c1OC. The zero-order valence-corrected chi connectivity index (χ0v) is 15.0. The minimum atomic E-state index is -0.291. The maximum atomic E-state index is 12.4. The molecule has 0 heterocycles. The van der Waals surface area contributed by atoms with Gasteiger partial charge < -0.3 is 19.5 Å². The van der Waals surface area contributed by atoms with Crippen molar-refractivity contribution in [1.82, 2.24) is 5.32 Å². The largest absolute Gasteiger partial charge is 0.493 e. The summed E-state index contributed by atoms with van der Waals surface area (Å²) in [5.41, 5.74) is 1.15. The number of hydrogen-bond donors (Lipinski definition) is 1. The van der Waals surface area contributed by atoms with Gasteiger partial charge in [-0.2, -0.15) is 0 Å². The van der Waals surface area contributed by atoms with Gasteiger partial charge in [-0.3, -0.25) is 4.79 Å². The van der Waals surface area contributed by atoms with E-state index in [0.717, 1.165) is 5.56 Å². The van der Waals surface area contributed by atoms with Gasteiger partial charge in [0.25, 0.3) is 5.91 Å². The first-order valence-electron chi connectivity index (χ1n) is 7.02. The molecule has 5 nitrogen and oxygen atoms in total. The lowest BCUT2D eigenvalue weighted by molar-refractivity contribution is 0.0950. The molecule has 0 aromatic heterocycles. The highest BCUT2D eigenvalue weighted by atomic mass is 35.5. The van der Waals surface area contributed by atoms with E-state index in [2.05, 4.69) is 5.32 Å². The van der Waals surface area contributed by atoms with E-state index in [0.29, 0.717) is 32.9 Å². The Morgan fingerprint density at radius 1 is 1.00 bits per heavy atom. The molecule has 7 heteroatoms. The third-order valence-electron chi connectivity index (χ3n) is 3.38. The van der Waals surface area contributed by atoms with Crippen molar-refractivity contribution in [3.63, 3.8) is 0 Å². The molecule has 0 aliphatic carbocycles. The molecule has 2 aromatic rings. The summed E-state index contributed by atoms with van der Waals surface area (Å²) in [5, 5.41) is 3.83. The first-order chi connectivity index (χ1) is 11.5. The van der Waals surface area contributed by atoms with Gasteiger partial charge in [0.1, 0.15) is 0 Å². The van der Waals surface area contributed by atoms with Gasteiger partial charge in [0.15, 0.2) is 11.5 Å². The smallest absolute Gasteiger partial charge is 0.251 e. The van der Waals surface area contributed by atoms with Crippen LogP contribution in [0.2, 0.25) is 10.0 Å². The Kier molecular flexibility index (Phi) is 6.17. The van der Waals surface area contributed by atoms with Crippen molar-refractivity contribution in [3.05, 3.63) is 51.5 Å². The van der Waals surface area contributed by atoms with Crippen LogP contribution in [0.3, 0.4) is 0 Å². The van der Waals surface area contributed by atoms with E-state index in [4.69, 9.17) is 37.4 Å². The maximum Gasteiger partial charge on any atom is 0.251 e. The molecule has 0 radical (unpaired) electrons. The molecule has 24 heavy (non-hydrogen) atoms. The normalized spacial score (nSPS) is 10.2. The van der Waals surface area contributed by atoms with Gasteiger partial charge >= 0.3 is 0 Å². The van der Waals surface area contributed by atoms with Crippen molar-refractivity contribution >= 4 is 29.1 Å². The summed E-state index contributed by atoms with van der Waals surface area (Å²) < 4.78 is 15.7. The molecule has 0 atom stereocenters. The van der Waals surface area contributed by atoms with Crippen molar-refractivity contribution in [3.8, 4) is 17.2 Å².